The highest BCUT2D eigenvalue weighted by atomic mass is 35.5. The van der Waals surface area contributed by atoms with Gasteiger partial charge in [-0.3, -0.25) is 19.6 Å². The van der Waals surface area contributed by atoms with Gasteiger partial charge in [0.05, 0.1) is 11.5 Å². The third-order valence-electron chi connectivity index (χ3n) is 4.52. The van der Waals surface area contributed by atoms with Crippen LogP contribution in [-0.2, 0) is 13.2 Å². The number of halogens is 2. The van der Waals surface area contributed by atoms with Gasteiger partial charge in [-0.1, -0.05) is 35.3 Å². The van der Waals surface area contributed by atoms with E-state index in [0.29, 0.717) is 23.1 Å². The number of furan rings is 1. The van der Waals surface area contributed by atoms with Gasteiger partial charge < -0.3 is 14.5 Å². The van der Waals surface area contributed by atoms with E-state index in [1.54, 1.807) is 29.1 Å². The number of amides is 1. The lowest BCUT2D eigenvalue weighted by atomic mass is 10.2. The molecular weight excluding hydrogens is 471 g/mol. The summed E-state index contributed by atoms with van der Waals surface area (Å²) in [6.45, 7) is 0.499. The summed E-state index contributed by atoms with van der Waals surface area (Å²) < 4.78 is 12.7. The van der Waals surface area contributed by atoms with Crippen molar-refractivity contribution in [1.82, 2.24) is 9.78 Å². The zero-order valence-electron chi connectivity index (χ0n) is 16.9. The number of ether oxygens (including phenoxy) is 1. The first-order valence-corrected chi connectivity index (χ1v) is 10.4. The number of nitrogens with one attached hydrogen (secondary N) is 1. The molecule has 4 aromatic rings. The maximum Gasteiger partial charge on any atom is 0.292 e. The van der Waals surface area contributed by atoms with Crippen molar-refractivity contribution in [3.63, 3.8) is 0 Å². The Kier molecular flexibility index (Phi) is 6.62. The Morgan fingerprint density at radius 2 is 1.82 bits per heavy atom. The standard InChI is InChI=1S/C22H16Cl2N4O5/c23-15-3-1-14(2-4-15)11-27-12-19(24)21(26-27)25-22(29)20-10-9-18(33-20)13-32-17-7-5-16(6-8-17)28(30)31/h1-10,12H,11,13H2,(H,25,26,29). The summed E-state index contributed by atoms with van der Waals surface area (Å²) in [5, 5.41) is 18.5. The first-order chi connectivity index (χ1) is 15.9. The molecule has 11 heteroatoms. The Morgan fingerprint density at radius 3 is 2.52 bits per heavy atom. The second-order valence-corrected chi connectivity index (χ2v) is 7.75. The van der Waals surface area contributed by atoms with Gasteiger partial charge in [-0.2, -0.15) is 5.10 Å². The second kappa shape index (κ2) is 9.76. The Balaban J connectivity index is 1.35. The topological polar surface area (TPSA) is 112 Å². The number of rotatable bonds is 8. The lowest BCUT2D eigenvalue weighted by molar-refractivity contribution is -0.384. The van der Waals surface area contributed by atoms with Crippen molar-refractivity contribution in [3.8, 4) is 5.75 Å². The van der Waals surface area contributed by atoms with E-state index in [-0.39, 0.29) is 28.9 Å². The molecule has 4 rings (SSSR count). The fraction of sp³-hybridized carbons (Fsp3) is 0.0909. The van der Waals surface area contributed by atoms with E-state index in [4.69, 9.17) is 32.4 Å². The van der Waals surface area contributed by atoms with Crippen LogP contribution >= 0.6 is 23.2 Å². The van der Waals surface area contributed by atoms with Crippen LogP contribution in [0.5, 0.6) is 5.75 Å². The highest BCUT2D eigenvalue weighted by molar-refractivity contribution is 6.33. The maximum absolute atomic E-state index is 12.5. The summed E-state index contributed by atoms with van der Waals surface area (Å²) in [7, 11) is 0. The first kappa shape index (κ1) is 22.4. The number of non-ortho nitro benzene ring substituents is 1. The van der Waals surface area contributed by atoms with E-state index in [9.17, 15) is 14.9 Å². The van der Waals surface area contributed by atoms with E-state index in [2.05, 4.69) is 10.4 Å². The first-order valence-electron chi connectivity index (χ1n) is 9.62. The zero-order chi connectivity index (χ0) is 23.4. The van der Waals surface area contributed by atoms with Crippen molar-refractivity contribution < 1.29 is 18.9 Å². The number of aromatic nitrogens is 2. The average Bonchev–Trinajstić information content (AvgIpc) is 3.41. The minimum Gasteiger partial charge on any atom is -0.486 e. The highest BCUT2D eigenvalue weighted by Crippen LogP contribution is 2.22. The van der Waals surface area contributed by atoms with Crippen molar-refractivity contribution in [3.05, 3.63) is 104 Å². The summed E-state index contributed by atoms with van der Waals surface area (Å²) in [6, 6.07) is 16.1. The summed E-state index contributed by atoms with van der Waals surface area (Å²) in [5.41, 5.74) is 0.939. The Morgan fingerprint density at radius 1 is 1.09 bits per heavy atom. The Labute approximate surface area is 197 Å². The van der Waals surface area contributed by atoms with Gasteiger partial charge in [0, 0.05) is 23.4 Å². The molecule has 2 aromatic carbocycles. The molecule has 9 nitrogen and oxygen atoms in total. The number of benzene rings is 2. The van der Waals surface area contributed by atoms with Gasteiger partial charge in [-0.25, -0.2) is 0 Å². The van der Waals surface area contributed by atoms with Crippen LogP contribution in [0.3, 0.4) is 0 Å². The highest BCUT2D eigenvalue weighted by Gasteiger charge is 2.16. The number of nitro benzene ring substituents is 1. The van der Waals surface area contributed by atoms with Gasteiger partial charge >= 0.3 is 0 Å². The number of nitrogens with zero attached hydrogens (tertiary/aromatic N) is 3. The molecule has 2 aromatic heterocycles. The number of nitro groups is 1. The third-order valence-corrected chi connectivity index (χ3v) is 5.05. The molecule has 0 atom stereocenters. The molecule has 0 aliphatic heterocycles. The van der Waals surface area contributed by atoms with Crippen LogP contribution in [0.1, 0.15) is 21.9 Å². The molecule has 0 spiro atoms. The van der Waals surface area contributed by atoms with Crippen molar-refractivity contribution >= 4 is 40.6 Å². The fourth-order valence-electron chi connectivity index (χ4n) is 2.90. The van der Waals surface area contributed by atoms with E-state index >= 15 is 0 Å². The van der Waals surface area contributed by atoms with Crippen LogP contribution < -0.4 is 10.1 Å². The van der Waals surface area contributed by atoms with Gasteiger partial charge in [0.2, 0.25) is 0 Å². The van der Waals surface area contributed by atoms with Crippen LogP contribution in [0, 0.1) is 10.1 Å². The molecule has 0 aliphatic rings. The second-order valence-electron chi connectivity index (χ2n) is 6.91. The fourth-order valence-corrected chi connectivity index (χ4v) is 3.23. The van der Waals surface area contributed by atoms with Crippen molar-refractivity contribution in [2.24, 2.45) is 0 Å². The molecule has 1 N–H and O–H groups in total. The number of anilines is 1. The van der Waals surface area contributed by atoms with Crippen LogP contribution in [0.15, 0.2) is 71.3 Å². The molecule has 2 heterocycles. The predicted octanol–water partition coefficient (Wildman–Crippen LogP) is 5.57. The third kappa shape index (κ3) is 5.71. The van der Waals surface area contributed by atoms with Gasteiger partial charge in [0.25, 0.3) is 11.6 Å². The van der Waals surface area contributed by atoms with E-state index in [0.717, 1.165) is 5.56 Å². The smallest absolute Gasteiger partial charge is 0.292 e. The maximum atomic E-state index is 12.5. The molecule has 0 saturated heterocycles. The molecule has 0 radical (unpaired) electrons. The summed E-state index contributed by atoms with van der Waals surface area (Å²) in [6.07, 6.45) is 1.61. The van der Waals surface area contributed by atoms with Gasteiger partial charge in [-0.05, 0) is 42.0 Å². The van der Waals surface area contributed by atoms with Gasteiger partial charge in [0.15, 0.2) is 11.6 Å². The summed E-state index contributed by atoms with van der Waals surface area (Å²) >= 11 is 12.1. The molecule has 0 unspecified atom stereocenters. The Bertz CT molecular complexity index is 1280. The normalized spacial score (nSPS) is 10.7. The van der Waals surface area contributed by atoms with E-state index in [1.807, 2.05) is 12.1 Å². The van der Waals surface area contributed by atoms with Crippen molar-refractivity contribution in [2.75, 3.05) is 5.32 Å². The summed E-state index contributed by atoms with van der Waals surface area (Å²) in [4.78, 5) is 22.7. The van der Waals surface area contributed by atoms with E-state index < -0.39 is 10.8 Å². The van der Waals surface area contributed by atoms with Gasteiger partial charge in [0.1, 0.15) is 23.1 Å². The molecule has 0 bridgehead atoms. The van der Waals surface area contributed by atoms with Crippen LogP contribution in [-0.4, -0.2) is 20.6 Å². The van der Waals surface area contributed by atoms with Crippen LogP contribution in [0.2, 0.25) is 10.0 Å². The SMILES string of the molecule is O=C(Nc1nn(Cc2ccc(Cl)cc2)cc1Cl)c1ccc(COc2ccc([N+](=O)[O-])cc2)o1. The predicted molar refractivity (Wildman–Crippen MR) is 122 cm³/mol. The largest absolute Gasteiger partial charge is 0.486 e. The molecule has 1 amide bonds. The molecule has 0 fully saturated rings. The minimum absolute atomic E-state index is 0.0337. The van der Waals surface area contributed by atoms with Gasteiger partial charge in [-0.15, -0.1) is 0 Å². The van der Waals surface area contributed by atoms with Crippen LogP contribution in [0.4, 0.5) is 11.5 Å². The lowest BCUT2D eigenvalue weighted by Crippen LogP contribution is -2.12. The molecular formula is C22H16Cl2N4O5. The molecule has 33 heavy (non-hydrogen) atoms. The molecule has 0 saturated carbocycles. The number of carbonyl (C=O) groups excluding carboxylic acids is 1. The Hall–Kier alpha value is -3.82. The monoisotopic (exact) mass is 486 g/mol. The quantitative estimate of drug-likeness (QED) is 0.257. The number of carbonyl (C=O) groups is 1. The minimum atomic E-state index is -0.518. The summed E-state index contributed by atoms with van der Waals surface area (Å²) in [5.74, 6) is 0.574. The number of hydrogen-bond donors (Lipinski definition) is 1. The van der Waals surface area contributed by atoms with Crippen molar-refractivity contribution in [2.45, 2.75) is 13.2 Å². The van der Waals surface area contributed by atoms with E-state index in [1.165, 1.54) is 30.3 Å². The lowest BCUT2D eigenvalue weighted by Gasteiger charge is -2.04. The molecule has 168 valence electrons. The number of hydrogen-bond acceptors (Lipinski definition) is 6. The van der Waals surface area contributed by atoms with Crippen LogP contribution in [0.25, 0.3) is 0 Å². The van der Waals surface area contributed by atoms with Crippen molar-refractivity contribution in [1.29, 1.82) is 0 Å². The average molecular weight is 487 g/mol. The zero-order valence-corrected chi connectivity index (χ0v) is 18.4. The molecule has 0 aliphatic carbocycles.